The topological polar surface area (TPSA) is 237 Å². The van der Waals surface area contributed by atoms with Crippen molar-refractivity contribution in [1.82, 2.24) is 0 Å². The molecule has 0 aliphatic carbocycles. The summed E-state index contributed by atoms with van der Waals surface area (Å²) < 4.78 is 67.9. The van der Waals surface area contributed by atoms with Gasteiger partial charge in [-0.05, 0) is 77.0 Å². The van der Waals surface area contributed by atoms with E-state index in [4.69, 9.17) is 37.0 Å². The Kier molecular flexibility index (Phi) is 59.7. The number of carbonyl (C=O) groups is 4. The molecule has 0 fully saturated rings. The third-order valence-electron chi connectivity index (χ3n) is 14.6. The second-order valence-electron chi connectivity index (χ2n) is 23.2. The van der Waals surface area contributed by atoms with Gasteiger partial charge in [0, 0.05) is 25.7 Å². The van der Waals surface area contributed by atoms with Crippen LogP contribution >= 0.6 is 15.6 Å². The van der Waals surface area contributed by atoms with Crippen LogP contribution in [0, 0.1) is 0 Å². The van der Waals surface area contributed by atoms with Gasteiger partial charge < -0.3 is 33.8 Å². The highest BCUT2D eigenvalue weighted by molar-refractivity contribution is 7.47. The number of hydrogen-bond acceptors (Lipinski definition) is 15. The highest BCUT2D eigenvalue weighted by Crippen LogP contribution is 2.45. The number of esters is 4. The molecule has 19 heteroatoms. The zero-order valence-corrected chi connectivity index (χ0v) is 56.7. The number of ether oxygens (including phenoxy) is 4. The summed E-state index contributed by atoms with van der Waals surface area (Å²) >= 11 is 0. The number of aliphatic hydroxyl groups excluding tert-OH is 1. The number of rotatable bonds is 65. The van der Waals surface area contributed by atoms with Gasteiger partial charge >= 0.3 is 39.5 Å². The summed E-state index contributed by atoms with van der Waals surface area (Å²) in [7, 11) is -9.91. The van der Waals surface area contributed by atoms with Crippen molar-refractivity contribution in [2.24, 2.45) is 0 Å². The molecule has 0 saturated carbocycles. The summed E-state index contributed by atoms with van der Waals surface area (Å²) in [6, 6.07) is 0. The number of carbonyl (C=O) groups excluding carboxylic acids is 4. The highest BCUT2D eigenvalue weighted by atomic mass is 31.2. The van der Waals surface area contributed by atoms with Gasteiger partial charge in [0.2, 0.25) is 0 Å². The molecule has 0 rings (SSSR count). The number of allylic oxidation sites excluding steroid dienone is 8. The van der Waals surface area contributed by atoms with E-state index in [0.717, 1.165) is 128 Å². The average molecular weight is 1280 g/mol. The summed E-state index contributed by atoms with van der Waals surface area (Å²) in [5.41, 5.74) is 0. The van der Waals surface area contributed by atoms with E-state index in [2.05, 4.69) is 76.3 Å². The number of aliphatic hydroxyl groups is 1. The minimum atomic E-state index is -4.96. The molecular formula is C68H124O17P2. The van der Waals surface area contributed by atoms with Crippen molar-refractivity contribution in [3.05, 3.63) is 48.6 Å². The Hall–Kier alpha value is -2.98. The fourth-order valence-corrected chi connectivity index (χ4v) is 10.8. The second kappa shape index (κ2) is 61.9. The molecule has 3 N–H and O–H groups in total. The van der Waals surface area contributed by atoms with E-state index in [-0.39, 0.29) is 25.7 Å². The molecule has 2 unspecified atom stereocenters. The van der Waals surface area contributed by atoms with Crippen LogP contribution in [0.25, 0.3) is 0 Å². The first-order chi connectivity index (χ1) is 42.2. The first-order valence-corrected chi connectivity index (χ1v) is 37.4. The lowest BCUT2D eigenvalue weighted by molar-refractivity contribution is -0.161. The van der Waals surface area contributed by atoms with Crippen LogP contribution in [0.15, 0.2) is 48.6 Å². The Morgan fingerprint density at radius 3 is 0.839 bits per heavy atom. The van der Waals surface area contributed by atoms with E-state index in [0.29, 0.717) is 25.7 Å². The number of phosphoric acid groups is 2. The van der Waals surface area contributed by atoms with Gasteiger partial charge in [-0.1, -0.05) is 250 Å². The Balaban J connectivity index is 5.24. The Labute approximate surface area is 527 Å². The van der Waals surface area contributed by atoms with Crippen LogP contribution < -0.4 is 0 Å². The van der Waals surface area contributed by atoms with E-state index in [1.165, 1.54) is 96.3 Å². The van der Waals surface area contributed by atoms with Gasteiger partial charge in [-0.15, -0.1) is 0 Å². The Bertz CT molecular complexity index is 1860. The molecule has 5 atom stereocenters. The maximum absolute atomic E-state index is 13.0. The van der Waals surface area contributed by atoms with Crippen LogP contribution in [0.2, 0.25) is 0 Å². The van der Waals surface area contributed by atoms with E-state index in [1.54, 1.807) is 0 Å². The van der Waals surface area contributed by atoms with Crippen molar-refractivity contribution in [2.75, 3.05) is 39.6 Å². The molecule has 0 bridgehead atoms. The zero-order chi connectivity index (χ0) is 64.0. The van der Waals surface area contributed by atoms with Gasteiger partial charge in [-0.25, -0.2) is 9.13 Å². The van der Waals surface area contributed by atoms with Crippen molar-refractivity contribution >= 4 is 39.5 Å². The summed E-state index contributed by atoms with van der Waals surface area (Å²) in [5, 5.41) is 10.5. The molecule has 0 saturated heterocycles. The maximum atomic E-state index is 13.0. The van der Waals surface area contributed by atoms with Crippen molar-refractivity contribution in [1.29, 1.82) is 0 Å². The van der Waals surface area contributed by atoms with Crippen molar-refractivity contribution in [2.45, 2.75) is 322 Å². The first-order valence-electron chi connectivity index (χ1n) is 34.4. The SMILES string of the molecule is CCCCCC/C=C\C=C/CCCCCCCC(=O)OC[C@H](COP(=O)(O)OC[C@@H](O)COP(=O)(O)OC[C@@H](COC(=O)CCCCCCC)OC(=O)CCCCCCCCCCCCCC)OC(=O)CCCCCCC/C=C\C=C/CCCCCC. The van der Waals surface area contributed by atoms with Crippen molar-refractivity contribution in [3.8, 4) is 0 Å². The fourth-order valence-electron chi connectivity index (χ4n) is 9.26. The predicted octanol–water partition coefficient (Wildman–Crippen LogP) is 18.6. The molecule has 0 aromatic heterocycles. The van der Waals surface area contributed by atoms with Crippen molar-refractivity contribution in [3.63, 3.8) is 0 Å². The molecule has 0 heterocycles. The number of hydrogen-bond donors (Lipinski definition) is 3. The van der Waals surface area contributed by atoms with Crippen LogP contribution in [0.1, 0.15) is 304 Å². The minimum absolute atomic E-state index is 0.0783. The summed E-state index contributed by atoms with van der Waals surface area (Å²) in [4.78, 5) is 72.1. The van der Waals surface area contributed by atoms with E-state index in [1.807, 2.05) is 0 Å². The maximum Gasteiger partial charge on any atom is 0.472 e. The molecule has 0 aromatic rings. The van der Waals surface area contributed by atoms with Crippen molar-refractivity contribution < 1.29 is 80.2 Å². The Morgan fingerprint density at radius 1 is 0.322 bits per heavy atom. The van der Waals surface area contributed by atoms with Crippen LogP contribution in [0.5, 0.6) is 0 Å². The average Bonchev–Trinajstić information content (AvgIpc) is 3.50. The molecule has 17 nitrogen and oxygen atoms in total. The lowest BCUT2D eigenvalue weighted by Gasteiger charge is -2.21. The predicted molar refractivity (Wildman–Crippen MR) is 349 cm³/mol. The zero-order valence-electron chi connectivity index (χ0n) is 55.0. The van der Waals surface area contributed by atoms with Gasteiger partial charge in [0.05, 0.1) is 26.4 Å². The van der Waals surface area contributed by atoms with E-state index < -0.39 is 97.5 Å². The molecular weight excluding hydrogens is 1150 g/mol. The largest absolute Gasteiger partial charge is 0.472 e. The highest BCUT2D eigenvalue weighted by Gasteiger charge is 2.30. The molecule has 0 amide bonds. The number of phosphoric ester groups is 2. The molecule has 0 aliphatic rings. The van der Waals surface area contributed by atoms with E-state index in [9.17, 15) is 43.2 Å². The molecule has 0 aliphatic heterocycles. The van der Waals surface area contributed by atoms with Gasteiger partial charge in [0.15, 0.2) is 12.2 Å². The smallest absolute Gasteiger partial charge is 0.462 e. The van der Waals surface area contributed by atoms with Gasteiger partial charge in [-0.3, -0.25) is 37.3 Å². The molecule has 0 radical (unpaired) electrons. The summed E-state index contributed by atoms with van der Waals surface area (Å²) in [6.45, 7) is 4.70. The summed E-state index contributed by atoms with van der Waals surface area (Å²) in [6.07, 6.45) is 54.7. The normalized spacial score (nSPS) is 14.4. The van der Waals surface area contributed by atoms with Crippen LogP contribution in [-0.4, -0.2) is 96.7 Å². The monoisotopic (exact) mass is 1270 g/mol. The van der Waals surface area contributed by atoms with E-state index >= 15 is 0 Å². The lowest BCUT2D eigenvalue weighted by Crippen LogP contribution is -2.30. The van der Waals surface area contributed by atoms with Crippen LogP contribution in [0.3, 0.4) is 0 Å². The van der Waals surface area contributed by atoms with Gasteiger partial charge in [-0.2, -0.15) is 0 Å². The summed E-state index contributed by atoms with van der Waals surface area (Å²) in [5.74, 6) is -2.20. The minimum Gasteiger partial charge on any atom is -0.462 e. The molecule has 508 valence electrons. The quantitative estimate of drug-likeness (QED) is 0.0169. The van der Waals surface area contributed by atoms with Gasteiger partial charge in [0.25, 0.3) is 0 Å². The first kappa shape index (κ1) is 84.0. The van der Waals surface area contributed by atoms with Gasteiger partial charge in [0.1, 0.15) is 19.3 Å². The molecule has 0 aromatic carbocycles. The fraction of sp³-hybridized carbons (Fsp3) is 0.824. The van der Waals surface area contributed by atoms with Crippen LogP contribution in [0.4, 0.5) is 0 Å². The second-order valence-corrected chi connectivity index (χ2v) is 26.1. The standard InChI is InChI=1S/C68H124O17P2/c1-5-9-13-17-20-23-26-29-31-33-36-38-41-45-49-53-66(71)79-59-64(85-68(73)55-51-47-43-40-37-34-32-30-27-24-21-18-14-10-6-2)61-83-87(76,77)81-57-62(69)56-80-86(74,75)82-60-63(58-78-65(70)52-48-44-16-12-8-4)84-67(72)54-50-46-42-39-35-28-25-22-19-15-11-7-3/h23-24,26-27,29-32,62-64,69H,5-22,25,28,33-61H2,1-4H3,(H,74,75)(H,76,77)/b26-23-,27-24-,31-29-,32-30-/t62-,63+,64+/m0/s1. The third-order valence-corrected chi connectivity index (χ3v) is 16.5. The lowest BCUT2D eigenvalue weighted by atomic mass is 10.0. The Morgan fingerprint density at radius 2 is 0.552 bits per heavy atom. The molecule has 0 spiro atoms. The molecule has 87 heavy (non-hydrogen) atoms. The number of unbranched alkanes of at least 4 members (excludes halogenated alkanes) is 33. The van der Waals surface area contributed by atoms with Crippen LogP contribution in [-0.2, 0) is 65.4 Å². The third kappa shape index (κ3) is 61.6.